The highest BCUT2D eigenvalue weighted by molar-refractivity contribution is 6.05. The topological polar surface area (TPSA) is 32.3 Å². The molecule has 3 rings (SSSR count). The number of benzene rings is 2. The molecule has 23 heavy (non-hydrogen) atoms. The highest BCUT2D eigenvalue weighted by atomic mass is 16.1. The van der Waals surface area contributed by atoms with Crippen molar-refractivity contribution in [2.75, 3.05) is 16.8 Å². The second-order valence-corrected chi connectivity index (χ2v) is 6.35. The Morgan fingerprint density at radius 1 is 1.09 bits per heavy atom. The van der Waals surface area contributed by atoms with Crippen LogP contribution in [0.15, 0.2) is 48.5 Å². The Labute approximate surface area is 138 Å². The number of piperidine rings is 1. The second-order valence-electron chi connectivity index (χ2n) is 6.35. The molecular weight excluding hydrogens is 284 g/mol. The van der Waals surface area contributed by atoms with E-state index in [0.717, 1.165) is 23.4 Å². The van der Waals surface area contributed by atoms with Crippen LogP contribution >= 0.6 is 0 Å². The van der Waals surface area contributed by atoms with Gasteiger partial charge in [0.25, 0.3) is 5.91 Å². The maximum Gasteiger partial charge on any atom is 0.255 e. The van der Waals surface area contributed by atoms with Gasteiger partial charge in [-0.3, -0.25) is 4.79 Å². The molecule has 2 aromatic carbocycles. The molecule has 3 heteroatoms. The van der Waals surface area contributed by atoms with Crippen LogP contribution in [0.5, 0.6) is 0 Å². The summed E-state index contributed by atoms with van der Waals surface area (Å²) >= 11 is 0. The molecule has 1 N–H and O–H groups in total. The van der Waals surface area contributed by atoms with Crippen molar-refractivity contribution in [3.63, 3.8) is 0 Å². The van der Waals surface area contributed by atoms with E-state index >= 15 is 0 Å². The maximum absolute atomic E-state index is 12.4. The van der Waals surface area contributed by atoms with E-state index < -0.39 is 0 Å². The largest absolute Gasteiger partial charge is 0.369 e. The van der Waals surface area contributed by atoms with Crippen LogP contribution in [-0.4, -0.2) is 18.5 Å². The van der Waals surface area contributed by atoms with Gasteiger partial charge in [0, 0.05) is 29.5 Å². The van der Waals surface area contributed by atoms with Gasteiger partial charge in [-0.05, 0) is 69.0 Å². The molecule has 1 aliphatic heterocycles. The zero-order chi connectivity index (χ0) is 16.2. The van der Waals surface area contributed by atoms with Gasteiger partial charge in [-0.2, -0.15) is 0 Å². The summed E-state index contributed by atoms with van der Waals surface area (Å²) < 4.78 is 0. The summed E-state index contributed by atoms with van der Waals surface area (Å²) in [5.41, 5.74) is 3.79. The number of carbonyl (C=O) groups excluding carboxylic acids is 1. The fourth-order valence-electron chi connectivity index (χ4n) is 3.24. The predicted molar refractivity (Wildman–Crippen MR) is 96.2 cm³/mol. The Bertz CT molecular complexity index is 678. The zero-order valence-electron chi connectivity index (χ0n) is 13.9. The number of hydrogen-bond acceptors (Lipinski definition) is 2. The van der Waals surface area contributed by atoms with E-state index in [-0.39, 0.29) is 5.91 Å². The summed E-state index contributed by atoms with van der Waals surface area (Å²) in [6.45, 7) is 5.36. The molecule has 1 saturated heterocycles. The van der Waals surface area contributed by atoms with Crippen LogP contribution in [0.4, 0.5) is 11.4 Å². The zero-order valence-corrected chi connectivity index (χ0v) is 13.9. The molecule has 3 nitrogen and oxygen atoms in total. The van der Waals surface area contributed by atoms with E-state index in [1.807, 2.05) is 43.3 Å². The van der Waals surface area contributed by atoms with Gasteiger partial charge in [0.1, 0.15) is 0 Å². The highest BCUT2D eigenvalue weighted by Crippen LogP contribution is 2.26. The molecule has 1 heterocycles. The van der Waals surface area contributed by atoms with Crippen molar-refractivity contribution in [2.24, 2.45) is 0 Å². The SMILES string of the molecule is Cc1ccccc1C(=O)Nc1ccc(N2CCCCC2C)cc1. The lowest BCUT2D eigenvalue weighted by atomic mass is 10.0. The third-order valence-corrected chi connectivity index (χ3v) is 4.65. The van der Waals surface area contributed by atoms with Crippen LogP contribution < -0.4 is 10.2 Å². The van der Waals surface area contributed by atoms with Crippen LogP contribution in [-0.2, 0) is 0 Å². The summed E-state index contributed by atoms with van der Waals surface area (Å²) in [7, 11) is 0. The molecule has 0 bridgehead atoms. The third kappa shape index (κ3) is 3.55. The number of anilines is 2. The standard InChI is InChI=1S/C20H24N2O/c1-15-7-3-4-9-19(15)20(23)21-17-10-12-18(13-11-17)22-14-6-5-8-16(22)2/h3-4,7,9-13,16H,5-6,8,14H2,1-2H3,(H,21,23). The number of hydrogen-bond donors (Lipinski definition) is 1. The Morgan fingerprint density at radius 3 is 2.52 bits per heavy atom. The fraction of sp³-hybridized carbons (Fsp3) is 0.350. The summed E-state index contributed by atoms with van der Waals surface area (Å²) in [5.74, 6) is -0.0535. The first-order chi connectivity index (χ1) is 11.1. The van der Waals surface area contributed by atoms with Gasteiger partial charge in [-0.1, -0.05) is 18.2 Å². The minimum atomic E-state index is -0.0535. The molecule has 0 saturated carbocycles. The number of amides is 1. The van der Waals surface area contributed by atoms with E-state index in [9.17, 15) is 4.79 Å². The second kappa shape index (κ2) is 6.86. The summed E-state index contributed by atoms with van der Waals surface area (Å²) in [6.07, 6.45) is 3.84. The maximum atomic E-state index is 12.4. The van der Waals surface area contributed by atoms with Crippen molar-refractivity contribution in [3.8, 4) is 0 Å². The van der Waals surface area contributed by atoms with Gasteiger partial charge in [-0.25, -0.2) is 0 Å². The first-order valence-corrected chi connectivity index (χ1v) is 8.39. The average Bonchev–Trinajstić information content (AvgIpc) is 2.56. The third-order valence-electron chi connectivity index (χ3n) is 4.65. The van der Waals surface area contributed by atoms with Gasteiger partial charge < -0.3 is 10.2 Å². The van der Waals surface area contributed by atoms with E-state index in [2.05, 4.69) is 29.3 Å². The summed E-state index contributed by atoms with van der Waals surface area (Å²) in [4.78, 5) is 14.8. The number of nitrogens with one attached hydrogen (secondary N) is 1. The van der Waals surface area contributed by atoms with Gasteiger partial charge in [0.05, 0.1) is 0 Å². The lowest BCUT2D eigenvalue weighted by Crippen LogP contribution is -2.37. The smallest absolute Gasteiger partial charge is 0.255 e. The first kappa shape index (κ1) is 15.6. The lowest BCUT2D eigenvalue weighted by molar-refractivity contribution is 0.102. The Balaban J connectivity index is 1.70. The quantitative estimate of drug-likeness (QED) is 0.897. The van der Waals surface area contributed by atoms with E-state index in [0.29, 0.717) is 6.04 Å². The summed E-state index contributed by atoms with van der Waals surface area (Å²) in [5, 5.41) is 2.98. The van der Waals surface area contributed by atoms with E-state index in [1.165, 1.54) is 24.9 Å². The number of rotatable bonds is 3. The van der Waals surface area contributed by atoms with Crippen molar-refractivity contribution >= 4 is 17.3 Å². The average molecular weight is 308 g/mol. The molecule has 1 fully saturated rings. The Morgan fingerprint density at radius 2 is 1.83 bits per heavy atom. The number of carbonyl (C=O) groups is 1. The van der Waals surface area contributed by atoms with E-state index in [4.69, 9.17) is 0 Å². The molecule has 1 amide bonds. The highest BCUT2D eigenvalue weighted by Gasteiger charge is 2.18. The Kier molecular flexibility index (Phi) is 4.65. The minimum absolute atomic E-state index is 0.0535. The van der Waals surface area contributed by atoms with Crippen molar-refractivity contribution in [1.82, 2.24) is 0 Å². The van der Waals surface area contributed by atoms with Crippen molar-refractivity contribution < 1.29 is 4.79 Å². The van der Waals surface area contributed by atoms with Crippen LogP contribution in [0.2, 0.25) is 0 Å². The predicted octanol–water partition coefficient (Wildman–Crippen LogP) is 4.63. The van der Waals surface area contributed by atoms with Crippen LogP contribution in [0.25, 0.3) is 0 Å². The minimum Gasteiger partial charge on any atom is -0.369 e. The van der Waals surface area contributed by atoms with Gasteiger partial charge >= 0.3 is 0 Å². The molecule has 0 aromatic heterocycles. The number of aryl methyl sites for hydroxylation is 1. The molecule has 1 atom stereocenters. The molecule has 0 aliphatic carbocycles. The molecule has 2 aromatic rings. The monoisotopic (exact) mass is 308 g/mol. The molecule has 1 aliphatic rings. The normalized spacial score (nSPS) is 17.8. The van der Waals surface area contributed by atoms with Gasteiger partial charge in [0.2, 0.25) is 0 Å². The van der Waals surface area contributed by atoms with Gasteiger partial charge in [0.15, 0.2) is 0 Å². The number of nitrogens with zero attached hydrogens (tertiary/aromatic N) is 1. The van der Waals surface area contributed by atoms with Crippen molar-refractivity contribution in [3.05, 3.63) is 59.7 Å². The molecule has 1 unspecified atom stereocenters. The van der Waals surface area contributed by atoms with Crippen molar-refractivity contribution in [2.45, 2.75) is 39.2 Å². The van der Waals surface area contributed by atoms with Crippen LogP contribution in [0, 0.1) is 6.92 Å². The molecule has 0 spiro atoms. The van der Waals surface area contributed by atoms with Gasteiger partial charge in [-0.15, -0.1) is 0 Å². The first-order valence-electron chi connectivity index (χ1n) is 8.39. The Hall–Kier alpha value is -2.29. The fourth-order valence-corrected chi connectivity index (χ4v) is 3.24. The summed E-state index contributed by atoms with van der Waals surface area (Å²) in [6, 6.07) is 16.4. The van der Waals surface area contributed by atoms with Crippen LogP contribution in [0.3, 0.4) is 0 Å². The molecular formula is C20H24N2O. The lowest BCUT2D eigenvalue weighted by Gasteiger charge is -2.35. The molecule has 120 valence electrons. The van der Waals surface area contributed by atoms with Crippen LogP contribution in [0.1, 0.15) is 42.1 Å². The molecule has 0 radical (unpaired) electrons. The van der Waals surface area contributed by atoms with Crippen molar-refractivity contribution in [1.29, 1.82) is 0 Å². The van der Waals surface area contributed by atoms with E-state index in [1.54, 1.807) is 0 Å².